The summed E-state index contributed by atoms with van der Waals surface area (Å²) in [4.78, 5) is 35.9. The number of thiophene rings is 1. The lowest BCUT2D eigenvalue weighted by molar-refractivity contribution is -0.384. The number of hydrogen-bond acceptors (Lipinski definition) is 6. The normalized spacial score (nSPS) is 16.6. The molecule has 130 valence electrons. The number of carbonyl (C=O) groups is 2. The van der Waals surface area contributed by atoms with E-state index in [1.54, 1.807) is 12.1 Å². The number of hydrogen-bond donors (Lipinski definition) is 1. The Kier molecular flexibility index (Phi) is 4.86. The molecule has 1 aromatic heterocycles. The van der Waals surface area contributed by atoms with Crippen LogP contribution in [0.3, 0.4) is 0 Å². The number of nitro groups is 1. The molecule has 1 aromatic carbocycles. The number of amides is 2. The van der Waals surface area contributed by atoms with E-state index in [9.17, 15) is 19.7 Å². The van der Waals surface area contributed by atoms with Gasteiger partial charge in [0.15, 0.2) is 0 Å². The van der Waals surface area contributed by atoms with Crippen LogP contribution in [-0.4, -0.2) is 36.1 Å². The molecule has 0 aliphatic carbocycles. The third kappa shape index (κ3) is 3.89. The van der Waals surface area contributed by atoms with Crippen LogP contribution in [0.2, 0.25) is 4.34 Å². The lowest BCUT2D eigenvalue weighted by Crippen LogP contribution is -2.34. The lowest BCUT2D eigenvalue weighted by Gasteiger charge is -2.12. The van der Waals surface area contributed by atoms with E-state index in [2.05, 4.69) is 5.32 Å². The van der Waals surface area contributed by atoms with Crippen molar-refractivity contribution in [3.63, 3.8) is 0 Å². The molecule has 1 N–H and O–H groups in total. The van der Waals surface area contributed by atoms with Gasteiger partial charge in [-0.25, -0.2) is 4.79 Å². The van der Waals surface area contributed by atoms with Crippen molar-refractivity contribution in [1.29, 1.82) is 0 Å². The maximum atomic E-state index is 12.0. The van der Waals surface area contributed by atoms with E-state index in [-0.39, 0.29) is 24.7 Å². The molecule has 3 rings (SSSR count). The largest absolute Gasteiger partial charge is 0.442 e. The van der Waals surface area contributed by atoms with Crippen LogP contribution < -0.4 is 10.2 Å². The van der Waals surface area contributed by atoms with Crippen molar-refractivity contribution >= 4 is 46.3 Å². The summed E-state index contributed by atoms with van der Waals surface area (Å²) >= 11 is 6.95. The van der Waals surface area contributed by atoms with Crippen molar-refractivity contribution < 1.29 is 19.2 Å². The fraction of sp³-hybridized carbons (Fsp3) is 0.200. The first-order valence-corrected chi connectivity index (χ1v) is 8.39. The van der Waals surface area contributed by atoms with E-state index in [1.165, 1.54) is 29.2 Å². The van der Waals surface area contributed by atoms with Crippen LogP contribution in [0, 0.1) is 10.1 Å². The number of non-ortho nitro benzene ring substituents is 1. The Hall–Kier alpha value is -2.65. The average molecular weight is 382 g/mol. The summed E-state index contributed by atoms with van der Waals surface area (Å²) in [6.45, 7) is 0.395. The lowest BCUT2D eigenvalue weighted by atomic mass is 10.2. The Morgan fingerprint density at radius 1 is 1.36 bits per heavy atom. The van der Waals surface area contributed by atoms with Gasteiger partial charge in [0.05, 0.1) is 27.2 Å². The smallest absolute Gasteiger partial charge is 0.414 e. The molecule has 0 spiro atoms. The van der Waals surface area contributed by atoms with Gasteiger partial charge in [0.2, 0.25) is 0 Å². The zero-order valence-corrected chi connectivity index (χ0v) is 14.2. The predicted octanol–water partition coefficient (Wildman–Crippen LogP) is 3.06. The molecule has 2 amide bonds. The number of carbonyl (C=O) groups excluding carboxylic acids is 2. The van der Waals surface area contributed by atoms with Gasteiger partial charge in [0.1, 0.15) is 6.10 Å². The highest BCUT2D eigenvalue weighted by Crippen LogP contribution is 2.24. The number of anilines is 1. The van der Waals surface area contributed by atoms with Crippen LogP contribution in [0.1, 0.15) is 9.67 Å². The minimum absolute atomic E-state index is 0.0604. The molecule has 0 unspecified atom stereocenters. The number of ether oxygens (including phenoxy) is 1. The zero-order valence-electron chi connectivity index (χ0n) is 12.7. The van der Waals surface area contributed by atoms with Gasteiger partial charge < -0.3 is 10.1 Å². The Morgan fingerprint density at radius 3 is 2.68 bits per heavy atom. The molecule has 0 saturated carbocycles. The molecule has 2 heterocycles. The van der Waals surface area contributed by atoms with Gasteiger partial charge in [-0.1, -0.05) is 11.6 Å². The van der Waals surface area contributed by atoms with Crippen LogP contribution in [0.5, 0.6) is 0 Å². The second-order valence-electron chi connectivity index (χ2n) is 5.20. The monoisotopic (exact) mass is 381 g/mol. The topological polar surface area (TPSA) is 102 Å². The highest BCUT2D eigenvalue weighted by molar-refractivity contribution is 7.17. The summed E-state index contributed by atoms with van der Waals surface area (Å²) in [5.74, 6) is -0.290. The molecule has 1 aliphatic rings. The zero-order chi connectivity index (χ0) is 18.0. The van der Waals surface area contributed by atoms with Crippen molar-refractivity contribution in [3.8, 4) is 0 Å². The fourth-order valence-corrected chi connectivity index (χ4v) is 3.28. The fourth-order valence-electron chi connectivity index (χ4n) is 2.32. The van der Waals surface area contributed by atoms with Gasteiger partial charge in [0, 0.05) is 17.8 Å². The summed E-state index contributed by atoms with van der Waals surface area (Å²) in [5, 5.41) is 13.4. The Bertz CT molecular complexity index is 823. The summed E-state index contributed by atoms with van der Waals surface area (Å²) in [7, 11) is 0. The van der Waals surface area contributed by atoms with Crippen LogP contribution >= 0.6 is 22.9 Å². The molecule has 1 saturated heterocycles. The van der Waals surface area contributed by atoms with Gasteiger partial charge in [-0.2, -0.15) is 0 Å². The SMILES string of the molecule is O=C(NC[C@H]1CN(c2ccc([N+](=O)[O-])cc2)C(=O)O1)c1ccc(Cl)s1. The number of halogens is 1. The van der Waals surface area contributed by atoms with E-state index in [0.717, 1.165) is 11.3 Å². The van der Waals surface area contributed by atoms with Crippen molar-refractivity contribution in [2.75, 3.05) is 18.0 Å². The summed E-state index contributed by atoms with van der Waals surface area (Å²) in [6.07, 6.45) is -1.07. The summed E-state index contributed by atoms with van der Waals surface area (Å²) in [5.41, 5.74) is 0.434. The molecular weight excluding hydrogens is 370 g/mol. The Morgan fingerprint density at radius 2 is 2.08 bits per heavy atom. The number of nitrogens with one attached hydrogen (secondary N) is 1. The number of nitrogens with zero attached hydrogens (tertiary/aromatic N) is 2. The molecule has 25 heavy (non-hydrogen) atoms. The second kappa shape index (κ2) is 7.08. The maximum absolute atomic E-state index is 12.0. The van der Waals surface area contributed by atoms with E-state index in [4.69, 9.17) is 16.3 Å². The number of nitro benzene ring substituents is 1. The highest BCUT2D eigenvalue weighted by atomic mass is 35.5. The minimum Gasteiger partial charge on any atom is -0.442 e. The summed E-state index contributed by atoms with van der Waals surface area (Å²) in [6, 6.07) is 8.84. The number of cyclic esters (lactones) is 1. The van der Waals surface area contributed by atoms with Gasteiger partial charge in [-0.05, 0) is 24.3 Å². The van der Waals surface area contributed by atoms with E-state index in [0.29, 0.717) is 14.9 Å². The molecule has 0 bridgehead atoms. The molecule has 10 heteroatoms. The molecule has 1 fully saturated rings. The van der Waals surface area contributed by atoms with Crippen LogP contribution in [0.25, 0.3) is 0 Å². The first-order chi connectivity index (χ1) is 11.9. The third-order valence-corrected chi connectivity index (χ3v) is 4.76. The standard InChI is InChI=1S/C15H12ClN3O5S/c16-13-6-5-12(25-13)14(20)17-7-11-8-18(15(21)24-11)9-1-3-10(4-2-9)19(22)23/h1-6,11H,7-8H2,(H,17,20)/t11-/m0/s1. The van der Waals surface area contributed by atoms with Gasteiger partial charge >= 0.3 is 6.09 Å². The maximum Gasteiger partial charge on any atom is 0.414 e. The Labute approximate surface area is 151 Å². The number of rotatable bonds is 5. The molecule has 1 aliphatic heterocycles. The highest BCUT2D eigenvalue weighted by Gasteiger charge is 2.32. The third-order valence-electron chi connectivity index (χ3n) is 3.53. The quantitative estimate of drug-likeness (QED) is 0.633. The van der Waals surface area contributed by atoms with Crippen LogP contribution in [0.15, 0.2) is 36.4 Å². The van der Waals surface area contributed by atoms with E-state index in [1.807, 2.05) is 0 Å². The van der Waals surface area contributed by atoms with Crippen LogP contribution in [-0.2, 0) is 4.74 Å². The van der Waals surface area contributed by atoms with Crippen LogP contribution in [0.4, 0.5) is 16.2 Å². The molecular formula is C15H12ClN3O5S. The molecule has 0 radical (unpaired) electrons. The number of benzene rings is 1. The van der Waals surface area contributed by atoms with Crippen molar-refractivity contribution in [2.45, 2.75) is 6.10 Å². The molecule has 8 nitrogen and oxygen atoms in total. The van der Waals surface area contributed by atoms with Gasteiger partial charge in [0.25, 0.3) is 11.6 Å². The second-order valence-corrected chi connectivity index (χ2v) is 6.92. The average Bonchev–Trinajstić information content (AvgIpc) is 3.18. The van der Waals surface area contributed by atoms with Crippen molar-refractivity contribution in [1.82, 2.24) is 5.32 Å². The Balaban J connectivity index is 1.58. The van der Waals surface area contributed by atoms with Gasteiger partial charge in [-0.3, -0.25) is 19.8 Å². The first kappa shape index (κ1) is 17.2. The predicted molar refractivity (Wildman–Crippen MR) is 92.4 cm³/mol. The molecule has 2 aromatic rings. The molecule has 1 atom stereocenters. The van der Waals surface area contributed by atoms with E-state index >= 15 is 0 Å². The first-order valence-electron chi connectivity index (χ1n) is 7.20. The van der Waals surface area contributed by atoms with E-state index < -0.39 is 17.1 Å². The minimum atomic E-state index is -0.563. The van der Waals surface area contributed by atoms with Crippen molar-refractivity contribution in [3.05, 3.63) is 55.7 Å². The van der Waals surface area contributed by atoms with Crippen molar-refractivity contribution in [2.24, 2.45) is 0 Å². The van der Waals surface area contributed by atoms with Gasteiger partial charge in [-0.15, -0.1) is 11.3 Å². The summed E-state index contributed by atoms with van der Waals surface area (Å²) < 4.78 is 5.73.